The molecule has 0 saturated carbocycles. The summed E-state index contributed by atoms with van der Waals surface area (Å²) in [4.78, 5) is 23.4. The maximum absolute atomic E-state index is 13.7. The first-order valence-corrected chi connectivity index (χ1v) is 6.68. The van der Waals surface area contributed by atoms with E-state index in [-0.39, 0.29) is 22.3 Å². The van der Waals surface area contributed by atoms with Crippen LogP contribution in [0.25, 0.3) is 11.1 Å². The Morgan fingerprint density at radius 3 is 2.13 bits per heavy atom. The Bertz CT molecular complexity index is 790. The molecule has 6 nitrogen and oxygen atoms in total. The van der Waals surface area contributed by atoms with E-state index in [1.54, 1.807) is 0 Å². The second-order valence-corrected chi connectivity index (χ2v) is 4.78. The van der Waals surface area contributed by atoms with Crippen molar-refractivity contribution >= 4 is 11.8 Å². The summed E-state index contributed by atoms with van der Waals surface area (Å²) in [5.74, 6) is -2.82. The predicted molar refractivity (Wildman–Crippen MR) is 81.9 cm³/mol. The summed E-state index contributed by atoms with van der Waals surface area (Å²) in [5.41, 5.74) is 0.498. The number of halogens is 1. The van der Waals surface area contributed by atoms with Gasteiger partial charge in [0.1, 0.15) is 5.82 Å². The van der Waals surface area contributed by atoms with Crippen LogP contribution in [0.2, 0.25) is 0 Å². The van der Waals surface area contributed by atoms with E-state index < -0.39 is 29.1 Å². The minimum Gasteiger partial charge on any atom is -0.504 e. The molecule has 0 aliphatic rings. The smallest absolute Gasteiger partial charge is 0.254 e. The Hall–Kier alpha value is -3.09. The van der Waals surface area contributed by atoms with Crippen molar-refractivity contribution in [1.82, 2.24) is 10.6 Å². The molecule has 0 atom stereocenters. The molecule has 0 unspecified atom stereocenters. The van der Waals surface area contributed by atoms with E-state index >= 15 is 0 Å². The van der Waals surface area contributed by atoms with E-state index in [2.05, 4.69) is 10.6 Å². The van der Waals surface area contributed by atoms with E-state index in [1.807, 2.05) is 0 Å². The average molecular weight is 318 g/mol. The molecule has 0 aliphatic heterocycles. The lowest BCUT2D eigenvalue weighted by molar-refractivity contribution is 0.0953. The first-order chi connectivity index (χ1) is 10.9. The van der Waals surface area contributed by atoms with Crippen molar-refractivity contribution in [2.24, 2.45) is 0 Å². The predicted octanol–water partition coefficient (Wildman–Crippen LogP) is 1.62. The van der Waals surface area contributed by atoms with E-state index in [9.17, 15) is 24.2 Å². The van der Waals surface area contributed by atoms with E-state index in [4.69, 9.17) is 0 Å². The third-order valence-electron chi connectivity index (χ3n) is 3.28. The monoisotopic (exact) mass is 318 g/mol. The van der Waals surface area contributed by atoms with Crippen LogP contribution >= 0.6 is 0 Å². The van der Waals surface area contributed by atoms with Crippen LogP contribution in [0.4, 0.5) is 4.39 Å². The highest BCUT2D eigenvalue weighted by Gasteiger charge is 2.17. The van der Waals surface area contributed by atoms with Crippen LogP contribution in [-0.4, -0.2) is 36.1 Å². The minimum absolute atomic E-state index is 0.0940. The minimum atomic E-state index is -0.643. The van der Waals surface area contributed by atoms with Gasteiger partial charge in [-0.25, -0.2) is 4.39 Å². The molecule has 120 valence electrons. The maximum atomic E-state index is 13.7. The molecular formula is C16H15FN2O4. The van der Waals surface area contributed by atoms with Crippen LogP contribution in [0.15, 0.2) is 30.3 Å². The maximum Gasteiger partial charge on any atom is 0.254 e. The van der Waals surface area contributed by atoms with Gasteiger partial charge in [-0.2, -0.15) is 0 Å². The number of hydrogen-bond donors (Lipinski definition) is 4. The van der Waals surface area contributed by atoms with Crippen molar-refractivity contribution in [3.8, 4) is 22.6 Å². The van der Waals surface area contributed by atoms with E-state index in [1.165, 1.54) is 32.3 Å². The second-order valence-electron chi connectivity index (χ2n) is 4.78. The number of benzene rings is 2. The standard InChI is InChI=1S/C16H15FN2O4/c1-18-15(22)10-3-8(4-11(17)5-10)9-6-12(16(23)19-2)14(21)13(20)7-9/h3-7,20-21H,1-2H3,(H,18,22)(H,19,23). The fraction of sp³-hybridized carbons (Fsp3) is 0.125. The lowest BCUT2D eigenvalue weighted by Crippen LogP contribution is -2.18. The summed E-state index contributed by atoms with van der Waals surface area (Å²) in [6.45, 7) is 0. The zero-order valence-electron chi connectivity index (χ0n) is 12.5. The summed E-state index contributed by atoms with van der Waals surface area (Å²) in [7, 11) is 2.79. The highest BCUT2D eigenvalue weighted by Crippen LogP contribution is 2.35. The molecule has 0 bridgehead atoms. The molecule has 7 heteroatoms. The van der Waals surface area contributed by atoms with Gasteiger partial charge in [-0.05, 0) is 41.5 Å². The van der Waals surface area contributed by atoms with Gasteiger partial charge in [0.15, 0.2) is 11.5 Å². The molecule has 23 heavy (non-hydrogen) atoms. The zero-order chi connectivity index (χ0) is 17.1. The number of carbonyl (C=O) groups excluding carboxylic acids is 2. The fourth-order valence-electron chi connectivity index (χ4n) is 2.13. The summed E-state index contributed by atoms with van der Waals surface area (Å²) in [6, 6.07) is 6.13. The Morgan fingerprint density at radius 1 is 0.913 bits per heavy atom. The first kappa shape index (κ1) is 16.3. The summed E-state index contributed by atoms with van der Waals surface area (Å²) in [5, 5.41) is 24.3. The van der Waals surface area contributed by atoms with Crippen LogP contribution < -0.4 is 10.6 Å². The van der Waals surface area contributed by atoms with Crippen LogP contribution in [0.5, 0.6) is 11.5 Å². The molecule has 2 aromatic carbocycles. The molecular weight excluding hydrogens is 303 g/mol. The lowest BCUT2D eigenvalue weighted by Gasteiger charge is -2.10. The number of amides is 2. The van der Waals surface area contributed by atoms with Gasteiger partial charge in [-0.15, -0.1) is 0 Å². The molecule has 0 spiro atoms. The first-order valence-electron chi connectivity index (χ1n) is 6.68. The molecule has 0 saturated heterocycles. The van der Waals surface area contributed by atoms with Crippen molar-refractivity contribution in [2.75, 3.05) is 14.1 Å². The molecule has 2 amide bonds. The van der Waals surface area contributed by atoms with Crippen LogP contribution in [0.1, 0.15) is 20.7 Å². The second kappa shape index (κ2) is 6.35. The van der Waals surface area contributed by atoms with E-state index in [0.29, 0.717) is 0 Å². The normalized spacial score (nSPS) is 10.2. The fourth-order valence-corrected chi connectivity index (χ4v) is 2.13. The van der Waals surface area contributed by atoms with Crippen molar-refractivity contribution < 1.29 is 24.2 Å². The van der Waals surface area contributed by atoms with Crippen molar-refractivity contribution in [3.05, 3.63) is 47.3 Å². The Balaban J connectivity index is 2.63. The quantitative estimate of drug-likeness (QED) is 0.646. The number of phenolic OH excluding ortho intramolecular Hbond substituents is 2. The lowest BCUT2D eigenvalue weighted by atomic mass is 9.99. The average Bonchev–Trinajstić information content (AvgIpc) is 2.55. The van der Waals surface area contributed by atoms with E-state index in [0.717, 1.165) is 12.1 Å². The van der Waals surface area contributed by atoms with Gasteiger partial charge in [0.2, 0.25) is 0 Å². The number of phenols is 2. The van der Waals surface area contributed by atoms with Crippen LogP contribution in [-0.2, 0) is 0 Å². The topological polar surface area (TPSA) is 98.7 Å². The molecule has 4 N–H and O–H groups in total. The number of rotatable bonds is 3. The van der Waals surface area contributed by atoms with Gasteiger partial charge in [0.25, 0.3) is 11.8 Å². The number of aromatic hydroxyl groups is 2. The highest BCUT2D eigenvalue weighted by atomic mass is 19.1. The molecule has 0 aliphatic carbocycles. The van der Waals surface area contributed by atoms with Gasteiger partial charge < -0.3 is 20.8 Å². The molecule has 2 rings (SSSR count). The third-order valence-corrected chi connectivity index (χ3v) is 3.28. The molecule has 0 radical (unpaired) electrons. The SMILES string of the molecule is CNC(=O)c1cc(F)cc(-c2cc(O)c(O)c(C(=O)NC)c2)c1. The van der Waals surface area contributed by atoms with Gasteiger partial charge in [-0.1, -0.05) is 0 Å². The summed E-state index contributed by atoms with van der Waals surface area (Å²) in [6.07, 6.45) is 0. The summed E-state index contributed by atoms with van der Waals surface area (Å²) < 4.78 is 13.7. The number of hydrogen-bond acceptors (Lipinski definition) is 4. The Morgan fingerprint density at radius 2 is 1.52 bits per heavy atom. The number of carbonyl (C=O) groups is 2. The van der Waals surface area contributed by atoms with Gasteiger partial charge >= 0.3 is 0 Å². The highest BCUT2D eigenvalue weighted by molar-refractivity contribution is 5.99. The van der Waals surface area contributed by atoms with Crippen molar-refractivity contribution in [1.29, 1.82) is 0 Å². The Labute approximate surface area is 131 Å². The van der Waals surface area contributed by atoms with Gasteiger partial charge in [0, 0.05) is 19.7 Å². The molecule has 0 fully saturated rings. The largest absolute Gasteiger partial charge is 0.504 e. The molecule has 0 aromatic heterocycles. The Kier molecular flexibility index (Phi) is 4.49. The molecule has 0 heterocycles. The van der Waals surface area contributed by atoms with Crippen LogP contribution in [0, 0.1) is 5.82 Å². The third kappa shape index (κ3) is 3.23. The molecule has 2 aromatic rings. The number of nitrogens with one attached hydrogen (secondary N) is 2. The van der Waals surface area contributed by atoms with Gasteiger partial charge in [0.05, 0.1) is 5.56 Å². The van der Waals surface area contributed by atoms with Crippen molar-refractivity contribution in [3.63, 3.8) is 0 Å². The van der Waals surface area contributed by atoms with Crippen LogP contribution in [0.3, 0.4) is 0 Å². The van der Waals surface area contributed by atoms with Crippen molar-refractivity contribution in [2.45, 2.75) is 0 Å². The van der Waals surface area contributed by atoms with Gasteiger partial charge in [-0.3, -0.25) is 9.59 Å². The zero-order valence-corrected chi connectivity index (χ0v) is 12.5. The summed E-state index contributed by atoms with van der Waals surface area (Å²) >= 11 is 0.